The molecule has 1 atom stereocenters. The Morgan fingerprint density at radius 1 is 1.33 bits per heavy atom. The van der Waals surface area contributed by atoms with Gasteiger partial charge >= 0.3 is 0 Å². The van der Waals surface area contributed by atoms with Gasteiger partial charge in [-0.25, -0.2) is 0 Å². The van der Waals surface area contributed by atoms with Crippen molar-refractivity contribution in [1.82, 2.24) is 9.44 Å². The number of rotatable bonds is 4. The van der Waals surface area contributed by atoms with Gasteiger partial charge in [-0.05, 0) is 45.4 Å². The lowest BCUT2D eigenvalue weighted by Crippen LogP contribution is -2.47. The van der Waals surface area contributed by atoms with E-state index in [1.165, 1.54) is 0 Å². The maximum atomic E-state index is 12.0. The average Bonchev–Trinajstić information content (AvgIpc) is 2.33. The first-order chi connectivity index (χ1) is 9.63. The van der Waals surface area contributed by atoms with Crippen molar-refractivity contribution in [2.45, 2.75) is 39.3 Å². The predicted molar refractivity (Wildman–Crippen MR) is 83.8 cm³/mol. The number of aliphatic hydroxyl groups is 1. The molecule has 0 aliphatic carbocycles. The molecule has 5 nitrogen and oxygen atoms in total. The van der Waals surface area contributed by atoms with E-state index in [0.717, 1.165) is 11.1 Å². The molecule has 1 aromatic carbocycles. The van der Waals surface area contributed by atoms with Crippen LogP contribution in [-0.2, 0) is 10.2 Å². The van der Waals surface area contributed by atoms with Crippen molar-refractivity contribution in [2.24, 2.45) is 0 Å². The van der Waals surface area contributed by atoms with Crippen LogP contribution in [0.5, 0.6) is 0 Å². The Morgan fingerprint density at radius 3 is 2.57 bits per heavy atom. The molecule has 0 amide bonds. The monoisotopic (exact) mass is 310 g/mol. The van der Waals surface area contributed by atoms with Crippen molar-refractivity contribution >= 4 is 10.2 Å². The normalized spacial score (nSPS) is 13.4. The van der Waals surface area contributed by atoms with Gasteiger partial charge in [0.2, 0.25) is 0 Å². The second-order valence-electron chi connectivity index (χ2n) is 5.78. The molecule has 0 aliphatic rings. The Balaban J connectivity index is 2.87. The zero-order chi connectivity index (χ0) is 16.1. The maximum absolute atomic E-state index is 12.0. The molecule has 0 spiro atoms. The Morgan fingerprint density at radius 2 is 2.00 bits per heavy atom. The number of hydrogen-bond donors (Lipinski definition) is 3. The minimum Gasteiger partial charge on any atom is -0.384 e. The summed E-state index contributed by atoms with van der Waals surface area (Å²) in [6.45, 7) is 6.90. The van der Waals surface area contributed by atoms with Crippen LogP contribution in [0.3, 0.4) is 0 Å². The second kappa shape index (κ2) is 7.05. The fraction of sp³-hybridized carbons (Fsp3) is 0.467. The van der Waals surface area contributed by atoms with Gasteiger partial charge in [0.05, 0.1) is 0 Å². The average molecular weight is 310 g/mol. The Kier molecular flexibility index (Phi) is 5.93. The third kappa shape index (κ3) is 6.74. The van der Waals surface area contributed by atoms with E-state index in [4.69, 9.17) is 5.11 Å². The molecule has 0 heterocycles. The van der Waals surface area contributed by atoms with Gasteiger partial charge in [0.1, 0.15) is 6.61 Å². The molecule has 0 bridgehead atoms. The number of nitrogens with one attached hydrogen (secondary N) is 2. The molecule has 1 unspecified atom stereocenters. The summed E-state index contributed by atoms with van der Waals surface area (Å²) in [6, 6.07) is 6.85. The third-order valence-electron chi connectivity index (χ3n) is 2.47. The third-order valence-corrected chi connectivity index (χ3v) is 4.02. The molecule has 0 saturated heterocycles. The topological polar surface area (TPSA) is 78.4 Å². The summed E-state index contributed by atoms with van der Waals surface area (Å²) in [5, 5.41) is 8.69. The zero-order valence-corrected chi connectivity index (χ0v) is 13.6. The van der Waals surface area contributed by atoms with Gasteiger partial charge in [0.15, 0.2) is 0 Å². The molecule has 116 valence electrons. The van der Waals surface area contributed by atoms with Crippen molar-refractivity contribution in [2.75, 3.05) is 6.61 Å². The van der Waals surface area contributed by atoms with Crippen molar-refractivity contribution < 1.29 is 13.5 Å². The minimum atomic E-state index is -3.59. The summed E-state index contributed by atoms with van der Waals surface area (Å²) >= 11 is 0. The molecule has 0 radical (unpaired) electrons. The van der Waals surface area contributed by atoms with Crippen LogP contribution in [0.15, 0.2) is 24.3 Å². The molecule has 0 fully saturated rings. The first-order valence-corrected chi connectivity index (χ1v) is 8.12. The molecule has 0 aromatic heterocycles. The van der Waals surface area contributed by atoms with Gasteiger partial charge in [-0.15, -0.1) is 0 Å². The van der Waals surface area contributed by atoms with E-state index in [0.29, 0.717) is 0 Å². The first kappa shape index (κ1) is 17.7. The summed E-state index contributed by atoms with van der Waals surface area (Å²) in [6.07, 6.45) is 0. The van der Waals surface area contributed by atoms with Gasteiger partial charge in [-0.2, -0.15) is 17.9 Å². The second-order valence-corrected chi connectivity index (χ2v) is 7.23. The fourth-order valence-corrected chi connectivity index (χ4v) is 3.23. The molecule has 21 heavy (non-hydrogen) atoms. The summed E-state index contributed by atoms with van der Waals surface area (Å²) in [5.74, 6) is 5.36. The Hall–Kier alpha value is -1.39. The van der Waals surface area contributed by atoms with Crippen molar-refractivity contribution in [3.63, 3.8) is 0 Å². The molecule has 0 saturated carbocycles. The zero-order valence-electron chi connectivity index (χ0n) is 12.8. The quantitative estimate of drug-likeness (QED) is 0.734. The summed E-state index contributed by atoms with van der Waals surface area (Å²) in [4.78, 5) is 0. The summed E-state index contributed by atoms with van der Waals surface area (Å²) in [7, 11) is -3.59. The van der Waals surface area contributed by atoms with Crippen LogP contribution in [0.4, 0.5) is 0 Å². The van der Waals surface area contributed by atoms with Gasteiger partial charge in [-0.1, -0.05) is 24.0 Å². The van der Waals surface area contributed by atoms with Gasteiger partial charge in [0, 0.05) is 17.1 Å². The lowest BCUT2D eigenvalue weighted by Gasteiger charge is -2.23. The SMILES string of the molecule is CC(NS(=O)(=O)NC(C)(C)C)c1cccc(C#CCO)c1. The molecule has 1 aromatic rings. The van der Waals surface area contributed by atoms with Crippen LogP contribution in [0.1, 0.15) is 44.9 Å². The van der Waals surface area contributed by atoms with E-state index in [1.54, 1.807) is 45.9 Å². The lowest BCUT2D eigenvalue weighted by molar-refractivity contribution is 0.350. The summed E-state index contributed by atoms with van der Waals surface area (Å²) < 4.78 is 29.1. The van der Waals surface area contributed by atoms with Gasteiger partial charge in [-0.3, -0.25) is 0 Å². The van der Waals surface area contributed by atoms with Crippen LogP contribution in [-0.4, -0.2) is 25.7 Å². The van der Waals surface area contributed by atoms with Crippen LogP contribution in [0.25, 0.3) is 0 Å². The predicted octanol–water partition coefficient (Wildman–Crippen LogP) is 1.31. The van der Waals surface area contributed by atoms with Crippen molar-refractivity contribution in [3.05, 3.63) is 35.4 Å². The molecule has 0 aliphatic heterocycles. The highest BCUT2D eigenvalue weighted by molar-refractivity contribution is 7.87. The Labute approximate surface area is 127 Å². The van der Waals surface area contributed by atoms with Crippen LogP contribution in [0.2, 0.25) is 0 Å². The van der Waals surface area contributed by atoms with E-state index >= 15 is 0 Å². The lowest BCUT2D eigenvalue weighted by atomic mass is 10.1. The minimum absolute atomic E-state index is 0.206. The molecule has 6 heteroatoms. The van der Waals surface area contributed by atoms with Crippen LogP contribution < -0.4 is 9.44 Å². The molecule has 1 rings (SSSR count). The highest BCUT2D eigenvalue weighted by atomic mass is 32.2. The van der Waals surface area contributed by atoms with E-state index < -0.39 is 15.7 Å². The number of hydrogen-bond acceptors (Lipinski definition) is 3. The summed E-state index contributed by atoms with van der Waals surface area (Å²) in [5.41, 5.74) is 0.996. The standard InChI is InChI=1S/C15H22N2O3S/c1-12(16-21(19,20)17-15(2,3)4)14-9-5-7-13(11-14)8-6-10-18/h5,7,9,11-12,16-18H,10H2,1-4H3. The van der Waals surface area contributed by atoms with Gasteiger partial charge < -0.3 is 5.11 Å². The number of aliphatic hydroxyl groups excluding tert-OH is 1. The van der Waals surface area contributed by atoms with Crippen molar-refractivity contribution in [1.29, 1.82) is 0 Å². The van der Waals surface area contributed by atoms with E-state index in [2.05, 4.69) is 21.3 Å². The van der Waals surface area contributed by atoms with Crippen molar-refractivity contribution in [3.8, 4) is 11.8 Å². The maximum Gasteiger partial charge on any atom is 0.277 e. The first-order valence-electron chi connectivity index (χ1n) is 6.64. The molecular weight excluding hydrogens is 288 g/mol. The van der Waals surface area contributed by atoms with Gasteiger partial charge in [0.25, 0.3) is 10.2 Å². The van der Waals surface area contributed by atoms with E-state index in [-0.39, 0.29) is 12.6 Å². The highest BCUT2D eigenvalue weighted by Crippen LogP contribution is 2.15. The fourth-order valence-electron chi connectivity index (χ4n) is 1.76. The molecular formula is C15H22N2O3S. The van der Waals surface area contributed by atoms with Crippen LogP contribution >= 0.6 is 0 Å². The van der Waals surface area contributed by atoms with E-state index in [9.17, 15) is 8.42 Å². The largest absolute Gasteiger partial charge is 0.384 e. The molecule has 3 N–H and O–H groups in total. The van der Waals surface area contributed by atoms with Crippen LogP contribution in [0, 0.1) is 11.8 Å². The highest BCUT2D eigenvalue weighted by Gasteiger charge is 2.22. The smallest absolute Gasteiger partial charge is 0.277 e. The number of benzene rings is 1. The Bertz CT molecular complexity index is 637. The van der Waals surface area contributed by atoms with E-state index in [1.807, 2.05) is 6.07 Å².